The fourth-order valence-corrected chi connectivity index (χ4v) is 3.20. The molecule has 2 N–H and O–H groups in total. The minimum Gasteiger partial charge on any atom is -0.494 e. The Balaban J connectivity index is 2.16. The number of amides is 1. The van der Waals surface area contributed by atoms with Gasteiger partial charge in [-0.25, -0.2) is 14.2 Å². The van der Waals surface area contributed by atoms with Crippen LogP contribution in [0.3, 0.4) is 0 Å². The molecule has 140 valence electrons. The van der Waals surface area contributed by atoms with Crippen molar-refractivity contribution in [3.8, 4) is 22.9 Å². The van der Waals surface area contributed by atoms with Gasteiger partial charge in [-0.2, -0.15) is 5.26 Å². The van der Waals surface area contributed by atoms with E-state index in [4.69, 9.17) is 15.2 Å². The Morgan fingerprint density at radius 1 is 1.48 bits per heavy atom. The Kier molecular flexibility index (Phi) is 5.12. The number of hydrogen-bond acceptors (Lipinski definition) is 6. The number of rotatable bonds is 3. The van der Waals surface area contributed by atoms with Crippen molar-refractivity contribution in [2.75, 3.05) is 26.0 Å². The monoisotopic (exact) mass is 370 g/mol. The van der Waals surface area contributed by atoms with E-state index >= 15 is 0 Å². The van der Waals surface area contributed by atoms with Gasteiger partial charge in [-0.1, -0.05) is 6.07 Å². The number of hydrogen-bond donors (Lipinski definition) is 1. The van der Waals surface area contributed by atoms with Crippen LogP contribution in [-0.4, -0.2) is 36.2 Å². The van der Waals surface area contributed by atoms with Crippen LogP contribution in [0.2, 0.25) is 0 Å². The normalized spacial score (nSPS) is 12.9. The summed E-state index contributed by atoms with van der Waals surface area (Å²) in [5.74, 6) is -0.366. The average molecular weight is 370 g/mol. The van der Waals surface area contributed by atoms with E-state index in [2.05, 4.69) is 11.1 Å². The van der Waals surface area contributed by atoms with Crippen molar-refractivity contribution in [2.24, 2.45) is 0 Å². The SMILES string of the molecule is CCOC(=O)N1CCc2nc(N)c(C#N)c(-c3ccc(OC)c(F)c3)c2C1. The maximum Gasteiger partial charge on any atom is 0.410 e. The number of nitrogens with zero attached hydrogens (tertiary/aromatic N) is 3. The zero-order valence-electron chi connectivity index (χ0n) is 15.1. The molecule has 1 amide bonds. The summed E-state index contributed by atoms with van der Waals surface area (Å²) in [6, 6.07) is 6.48. The number of fused-ring (bicyclic) bond motifs is 1. The fraction of sp³-hybridized carbons (Fsp3) is 0.316. The van der Waals surface area contributed by atoms with Gasteiger partial charge in [0.1, 0.15) is 17.5 Å². The summed E-state index contributed by atoms with van der Waals surface area (Å²) in [4.78, 5) is 18.0. The summed E-state index contributed by atoms with van der Waals surface area (Å²) >= 11 is 0. The van der Waals surface area contributed by atoms with Gasteiger partial charge in [0.05, 0.1) is 26.0 Å². The number of nitriles is 1. The fourth-order valence-electron chi connectivity index (χ4n) is 3.20. The first kappa shape index (κ1) is 18.5. The highest BCUT2D eigenvalue weighted by Crippen LogP contribution is 2.36. The van der Waals surface area contributed by atoms with Crippen LogP contribution >= 0.6 is 0 Å². The summed E-state index contributed by atoms with van der Waals surface area (Å²) < 4.78 is 24.3. The second-order valence-corrected chi connectivity index (χ2v) is 6.00. The number of methoxy groups -OCH3 is 1. The molecular weight excluding hydrogens is 351 g/mol. The highest BCUT2D eigenvalue weighted by Gasteiger charge is 2.28. The first-order valence-electron chi connectivity index (χ1n) is 8.47. The van der Waals surface area contributed by atoms with E-state index in [0.717, 1.165) is 0 Å². The van der Waals surface area contributed by atoms with Crippen LogP contribution in [-0.2, 0) is 17.7 Å². The number of nitrogen functional groups attached to an aromatic ring is 1. The molecule has 7 nitrogen and oxygen atoms in total. The lowest BCUT2D eigenvalue weighted by Crippen LogP contribution is -2.37. The van der Waals surface area contributed by atoms with Gasteiger partial charge in [0, 0.05) is 24.1 Å². The molecule has 2 heterocycles. The largest absolute Gasteiger partial charge is 0.494 e. The van der Waals surface area contributed by atoms with Gasteiger partial charge in [-0.05, 0) is 24.6 Å². The third-order valence-electron chi connectivity index (χ3n) is 4.46. The number of carbonyl (C=O) groups is 1. The first-order chi connectivity index (χ1) is 13.0. The quantitative estimate of drug-likeness (QED) is 0.891. The van der Waals surface area contributed by atoms with Crippen molar-refractivity contribution in [3.05, 3.63) is 40.8 Å². The minimum absolute atomic E-state index is 0.0899. The third-order valence-corrected chi connectivity index (χ3v) is 4.46. The molecule has 27 heavy (non-hydrogen) atoms. The van der Waals surface area contributed by atoms with Crippen LogP contribution in [0.25, 0.3) is 11.1 Å². The molecule has 8 heteroatoms. The molecule has 1 aliphatic rings. The van der Waals surface area contributed by atoms with E-state index in [-0.39, 0.29) is 30.3 Å². The summed E-state index contributed by atoms with van der Waals surface area (Å²) in [7, 11) is 1.38. The van der Waals surface area contributed by atoms with E-state index < -0.39 is 11.9 Å². The lowest BCUT2D eigenvalue weighted by molar-refractivity contribution is 0.102. The van der Waals surface area contributed by atoms with Crippen molar-refractivity contribution in [1.29, 1.82) is 5.26 Å². The number of halogens is 1. The molecule has 0 atom stereocenters. The van der Waals surface area contributed by atoms with Crippen LogP contribution in [0.1, 0.15) is 23.7 Å². The lowest BCUT2D eigenvalue weighted by atomic mass is 9.91. The van der Waals surface area contributed by atoms with Crippen LogP contribution in [0.15, 0.2) is 18.2 Å². The van der Waals surface area contributed by atoms with Gasteiger partial charge in [-0.15, -0.1) is 0 Å². The first-order valence-corrected chi connectivity index (χ1v) is 8.47. The molecule has 0 radical (unpaired) electrons. The maximum absolute atomic E-state index is 14.3. The minimum atomic E-state index is -0.555. The van der Waals surface area contributed by atoms with E-state index in [1.54, 1.807) is 13.0 Å². The molecule has 0 bridgehead atoms. The second-order valence-electron chi connectivity index (χ2n) is 6.00. The highest BCUT2D eigenvalue weighted by molar-refractivity contribution is 5.80. The number of anilines is 1. The molecule has 3 rings (SSSR count). The van der Waals surface area contributed by atoms with Gasteiger partial charge in [0.15, 0.2) is 11.6 Å². The van der Waals surface area contributed by atoms with Crippen molar-refractivity contribution in [3.63, 3.8) is 0 Å². The molecular formula is C19H19FN4O3. The van der Waals surface area contributed by atoms with Gasteiger partial charge in [-0.3, -0.25) is 0 Å². The molecule has 1 aromatic heterocycles. The molecule has 1 aromatic carbocycles. The number of pyridine rings is 1. The van der Waals surface area contributed by atoms with Crippen LogP contribution in [0, 0.1) is 17.1 Å². The zero-order valence-corrected chi connectivity index (χ0v) is 15.1. The number of nitrogens with two attached hydrogens (primary N) is 1. The summed E-state index contributed by atoms with van der Waals surface area (Å²) in [5.41, 5.74) is 8.45. The molecule has 0 aliphatic carbocycles. The Bertz CT molecular complexity index is 940. The topological polar surface area (TPSA) is 101 Å². The van der Waals surface area contributed by atoms with Gasteiger partial charge in [0.25, 0.3) is 0 Å². The molecule has 2 aromatic rings. The van der Waals surface area contributed by atoms with Crippen molar-refractivity contribution < 1.29 is 18.7 Å². The molecule has 1 aliphatic heterocycles. The Labute approximate surface area is 156 Å². The van der Waals surface area contributed by atoms with E-state index in [9.17, 15) is 14.4 Å². The molecule has 0 saturated heterocycles. The van der Waals surface area contributed by atoms with Gasteiger partial charge < -0.3 is 20.1 Å². The summed E-state index contributed by atoms with van der Waals surface area (Å²) in [5, 5.41) is 9.60. The lowest BCUT2D eigenvalue weighted by Gasteiger charge is -2.29. The molecule has 0 unspecified atom stereocenters. The predicted octanol–water partition coefficient (Wildman–Crippen LogP) is 2.86. The molecule has 0 spiro atoms. The Morgan fingerprint density at radius 3 is 2.89 bits per heavy atom. The number of benzene rings is 1. The average Bonchev–Trinajstić information content (AvgIpc) is 2.66. The number of aromatic nitrogens is 1. The number of carbonyl (C=O) groups excluding carboxylic acids is 1. The summed E-state index contributed by atoms with van der Waals surface area (Å²) in [6.07, 6.45) is 0.0285. The van der Waals surface area contributed by atoms with E-state index in [1.807, 2.05) is 0 Å². The van der Waals surface area contributed by atoms with Crippen molar-refractivity contribution in [2.45, 2.75) is 19.9 Å². The number of ether oxygens (including phenoxy) is 2. The maximum atomic E-state index is 14.3. The van der Waals surface area contributed by atoms with Crippen LogP contribution < -0.4 is 10.5 Å². The Hall–Kier alpha value is -3.34. The smallest absolute Gasteiger partial charge is 0.410 e. The second kappa shape index (κ2) is 7.50. The molecule has 0 saturated carbocycles. The van der Waals surface area contributed by atoms with Crippen molar-refractivity contribution in [1.82, 2.24) is 9.88 Å². The highest BCUT2D eigenvalue weighted by atomic mass is 19.1. The van der Waals surface area contributed by atoms with Gasteiger partial charge in [0.2, 0.25) is 0 Å². The third kappa shape index (κ3) is 3.36. The van der Waals surface area contributed by atoms with Crippen LogP contribution in [0.5, 0.6) is 5.75 Å². The zero-order chi connectivity index (χ0) is 19.6. The molecule has 0 fully saturated rings. The van der Waals surface area contributed by atoms with Gasteiger partial charge >= 0.3 is 6.09 Å². The van der Waals surface area contributed by atoms with E-state index in [0.29, 0.717) is 35.3 Å². The van der Waals surface area contributed by atoms with E-state index in [1.165, 1.54) is 24.1 Å². The summed E-state index contributed by atoms with van der Waals surface area (Å²) in [6.45, 7) is 2.64. The van der Waals surface area contributed by atoms with Crippen molar-refractivity contribution >= 4 is 11.9 Å². The standard InChI is InChI=1S/C19H19FN4O3/c1-3-27-19(25)24-7-6-15-13(10-24)17(12(9-21)18(22)23-15)11-4-5-16(26-2)14(20)8-11/h4-5,8H,3,6-7,10H2,1-2H3,(H2,22,23). The predicted molar refractivity (Wildman–Crippen MR) is 96.4 cm³/mol. The Morgan fingerprint density at radius 2 is 2.26 bits per heavy atom. The van der Waals surface area contributed by atoms with Crippen LogP contribution in [0.4, 0.5) is 15.0 Å².